The quantitative estimate of drug-likeness (QED) is 0.0620. The second-order valence-electron chi connectivity index (χ2n) is 17.3. The summed E-state index contributed by atoms with van der Waals surface area (Å²) >= 11 is 0. The van der Waals surface area contributed by atoms with E-state index >= 15 is 0 Å². The summed E-state index contributed by atoms with van der Waals surface area (Å²) in [4.78, 5) is 11.4. The average Bonchev–Trinajstić information content (AvgIpc) is 3.15. The molecule has 1 N–H and O–H groups in total. The second-order valence-corrected chi connectivity index (χ2v) is 17.3. The Morgan fingerprint density at radius 2 is 0.404 bits per heavy atom. The van der Waals surface area contributed by atoms with Gasteiger partial charge in [0.25, 0.3) is 0 Å². The van der Waals surface area contributed by atoms with Crippen LogP contribution < -0.4 is 5.32 Å². The molecule has 0 aliphatic heterocycles. The van der Waals surface area contributed by atoms with Gasteiger partial charge in [0.15, 0.2) is 0 Å². The highest BCUT2D eigenvalue weighted by Crippen LogP contribution is 2.18. The normalized spacial score (nSPS) is 11.5. The van der Waals surface area contributed by atoms with E-state index in [1.54, 1.807) is 0 Å². The maximum absolute atomic E-state index is 11.4. The fourth-order valence-corrected chi connectivity index (χ4v) is 8.25. The third-order valence-electron chi connectivity index (χ3n) is 11.9. The fraction of sp³-hybridized carbons (Fsp3) is 0.980. The molecule has 0 unspecified atom stereocenters. The molecule has 0 atom stereocenters. The molecule has 1 amide bonds. The highest BCUT2D eigenvalue weighted by Gasteiger charge is 2.00. The molecule has 0 saturated carbocycles. The number of carbonyl (C=O) groups is 1. The van der Waals surface area contributed by atoms with Crippen LogP contribution in [0.1, 0.15) is 309 Å². The number of unbranched alkanes of at least 4 members (excludes halogenated alkanes) is 44. The molecule has 0 aromatic rings. The van der Waals surface area contributed by atoms with Crippen LogP contribution in [0.4, 0.5) is 0 Å². The minimum atomic E-state index is 0.227. The summed E-state index contributed by atoms with van der Waals surface area (Å²) in [6, 6.07) is 0. The molecule has 0 radical (unpaired) electrons. The van der Waals surface area contributed by atoms with E-state index in [4.69, 9.17) is 0 Å². The monoisotopic (exact) mass is 732 g/mol. The zero-order chi connectivity index (χ0) is 37.5. The van der Waals surface area contributed by atoms with Crippen LogP contribution in [0.5, 0.6) is 0 Å². The SMILES string of the molecule is CCCCCCCCCCCCCCCCCCCCCCCCCCCCCCCCCCCCCCCCCCCCCCCC(=O)NCC. The molecule has 0 aliphatic carbocycles. The van der Waals surface area contributed by atoms with Crippen molar-refractivity contribution in [2.45, 2.75) is 309 Å². The van der Waals surface area contributed by atoms with Gasteiger partial charge in [-0.3, -0.25) is 4.79 Å². The Hall–Kier alpha value is -0.530. The van der Waals surface area contributed by atoms with E-state index in [9.17, 15) is 4.79 Å². The molecule has 0 saturated heterocycles. The minimum Gasteiger partial charge on any atom is -0.356 e. The molecular formula is C50H101NO. The highest BCUT2D eigenvalue weighted by molar-refractivity contribution is 5.75. The van der Waals surface area contributed by atoms with E-state index in [-0.39, 0.29) is 5.91 Å². The summed E-state index contributed by atoms with van der Waals surface area (Å²) in [6.45, 7) is 5.06. The first kappa shape index (κ1) is 51.5. The molecule has 0 aliphatic rings. The van der Waals surface area contributed by atoms with Crippen LogP contribution in [-0.4, -0.2) is 12.5 Å². The van der Waals surface area contributed by atoms with Gasteiger partial charge in [0.1, 0.15) is 0 Å². The van der Waals surface area contributed by atoms with Gasteiger partial charge in [-0.25, -0.2) is 0 Å². The summed E-state index contributed by atoms with van der Waals surface area (Å²) in [5, 5.41) is 2.89. The molecule has 0 rings (SSSR count). The van der Waals surface area contributed by atoms with E-state index in [0.29, 0.717) is 6.42 Å². The van der Waals surface area contributed by atoms with Gasteiger partial charge in [-0.05, 0) is 13.3 Å². The number of amides is 1. The van der Waals surface area contributed by atoms with Crippen molar-refractivity contribution < 1.29 is 4.79 Å². The van der Waals surface area contributed by atoms with E-state index in [2.05, 4.69) is 12.2 Å². The van der Waals surface area contributed by atoms with Crippen LogP contribution in [0, 0.1) is 0 Å². The summed E-state index contributed by atoms with van der Waals surface area (Å²) < 4.78 is 0. The lowest BCUT2D eigenvalue weighted by molar-refractivity contribution is -0.121. The first-order chi connectivity index (χ1) is 25.8. The lowest BCUT2D eigenvalue weighted by Gasteiger charge is -2.05. The van der Waals surface area contributed by atoms with Gasteiger partial charge in [0.2, 0.25) is 5.91 Å². The van der Waals surface area contributed by atoms with Crippen molar-refractivity contribution in [1.29, 1.82) is 0 Å². The number of rotatable bonds is 47. The lowest BCUT2D eigenvalue weighted by atomic mass is 10.0. The summed E-state index contributed by atoms with van der Waals surface area (Å²) in [7, 11) is 0. The van der Waals surface area contributed by atoms with Crippen molar-refractivity contribution in [3.05, 3.63) is 0 Å². The van der Waals surface area contributed by atoms with Crippen molar-refractivity contribution >= 4 is 5.91 Å². The zero-order valence-corrected chi connectivity index (χ0v) is 36.6. The van der Waals surface area contributed by atoms with E-state index in [1.165, 1.54) is 283 Å². The predicted molar refractivity (Wildman–Crippen MR) is 237 cm³/mol. The molecule has 2 heteroatoms. The number of hydrogen-bond acceptors (Lipinski definition) is 1. The fourth-order valence-electron chi connectivity index (χ4n) is 8.25. The van der Waals surface area contributed by atoms with Crippen molar-refractivity contribution in [1.82, 2.24) is 5.32 Å². The van der Waals surface area contributed by atoms with Crippen LogP contribution in [0.25, 0.3) is 0 Å². The Morgan fingerprint density at radius 1 is 0.250 bits per heavy atom. The average molecular weight is 732 g/mol. The van der Waals surface area contributed by atoms with Gasteiger partial charge in [-0.2, -0.15) is 0 Å². The number of nitrogens with one attached hydrogen (secondary N) is 1. The Balaban J connectivity index is 3.06. The first-order valence-corrected chi connectivity index (χ1v) is 25.1. The lowest BCUT2D eigenvalue weighted by Crippen LogP contribution is -2.21. The zero-order valence-electron chi connectivity index (χ0n) is 36.6. The molecule has 0 fully saturated rings. The molecule has 312 valence electrons. The van der Waals surface area contributed by atoms with Crippen molar-refractivity contribution in [3.63, 3.8) is 0 Å². The van der Waals surface area contributed by atoms with Gasteiger partial charge in [0.05, 0.1) is 0 Å². The van der Waals surface area contributed by atoms with Crippen molar-refractivity contribution in [3.8, 4) is 0 Å². The smallest absolute Gasteiger partial charge is 0.219 e. The van der Waals surface area contributed by atoms with Gasteiger partial charge >= 0.3 is 0 Å². The highest BCUT2D eigenvalue weighted by atomic mass is 16.1. The van der Waals surface area contributed by atoms with Gasteiger partial charge < -0.3 is 5.32 Å². The standard InChI is InChI=1S/C50H101NO/c1-3-5-6-7-8-9-10-11-12-13-14-15-16-17-18-19-20-21-22-23-24-25-26-27-28-29-30-31-32-33-34-35-36-37-38-39-40-41-42-43-44-45-46-47-48-49-50(52)51-4-2/h3-49H2,1-2H3,(H,51,52). The topological polar surface area (TPSA) is 29.1 Å². The van der Waals surface area contributed by atoms with Crippen LogP contribution >= 0.6 is 0 Å². The van der Waals surface area contributed by atoms with Crippen LogP contribution in [0.15, 0.2) is 0 Å². The number of carbonyl (C=O) groups excluding carboxylic acids is 1. The summed E-state index contributed by atoms with van der Waals surface area (Å²) in [6.07, 6.45) is 66.1. The molecule has 52 heavy (non-hydrogen) atoms. The Morgan fingerprint density at radius 3 is 0.558 bits per heavy atom. The van der Waals surface area contributed by atoms with Crippen LogP contribution in [0.2, 0.25) is 0 Å². The van der Waals surface area contributed by atoms with Gasteiger partial charge in [-0.15, -0.1) is 0 Å². The van der Waals surface area contributed by atoms with Gasteiger partial charge in [-0.1, -0.05) is 289 Å². The largest absolute Gasteiger partial charge is 0.356 e. The molecule has 0 spiro atoms. The maximum atomic E-state index is 11.4. The molecule has 0 aromatic carbocycles. The molecule has 0 bridgehead atoms. The molecule has 0 heterocycles. The molecular weight excluding hydrogens is 631 g/mol. The van der Waals surface area contributed by atoms with Crippen molar-refractivity contribution in [2.24, 2.45) is 0 Å². The Labute approximate surface area is 330 Å². The summed E-state index contributed by atoms with van der Waals surface area (Å²) in [5.74, 6) is 0.227. The Bertz CT molecular complexity index is 632. The second kappa shape index (κ2) is 48.5. The minimum absolute atomic E-state index is 0.227. The van der Waals surface area contributed by atoms with E-state index < -0.39 is 0 Å². The third-order valence-corrected chi connectivity index (χ3v) is 11.9. The van der Waals surface area contributed by atoms with Crippen molar-refractivity contribution in [2.75, 3.05) is 6.54 Å². The van der Waals surface area contributed by atoms with E-state index in [1.807, 2.05) is 6.92 Å². The van der Waals surface area contributed by atoms with Crippen LogP contribution in [-0.2, 0) is 4.79 Å². The first-order valence-electron chi connectivity index (χ1n) is 25.1. The van der Waals surface area contributed by atoms with Crippen LogP contribution in [0.3, 0.4) is 0 Å². The number of hydrogen-bond donors (Lipinski definition) is 1. The third kappa shape index (κ3) is 47.5. The van der Waals surface area contributed by atoms with E-state index in [0.717, 1.165) is 13.0 Å². The predicted octanol–water partition coefficient (Wildman–Crippen LogP) is 18.1. The maximum Gasteiger partial charge on any atom is 0.219 e. The van der Waals surface area contributed by atoms with Gasteiger partial charge in [0, 0.05) is 13.0 Å². The molecule has 2 nitrogen and oxygen atoms in total. The molecule has 0 aromatic heterocycles. The Kier molecular flexibility index (Phi) is 48.0. The summed E-state index contributed by atoms with van der Waals surface area (Å²) in [5.41, 5.74) is 0.